The van der Waals surface area contributed by atoms with Crippen molar-refractivity contribution >= 4 is 24.8 Å². The van der Waals surface area contributed by atoms with Gasteiger partial charge in [-0.15, -0.1) is 24.8 Å². The van der Waals surface area contributed by atoms with Crippen molar-refractivity contribution in [2.24, 2.45) is 5.73 Å². The SMILES string of the molecule is CC(N)Cc1ccc(O)cn1.Cl.Cl. The maximum absolute atomic E-state index is 8.90. The standard InChI is InChI=1S/C8H12N2O.2ClH/c1-6(9)4-7-2-3-8(11)5-10-7;;/h2-3,5-6,11H,4,9H2,1H3;2*1H. The van der Waals surface area contributed by atoms with Crippen LogP contribution in [0.4, 0.5) is 0 Å². The second kappa shape index (κ2) is 6.95. The molecule has 0 aliphatic rings. The summed E-state index contributed by atoms with van der Waals surface area (Å²) in [6.45, 7) is 1.93. The van der Waals surface area contributed by atoms with E-state index in [-0.39, 0.29) is 36.6 Å². The molecule has 3 nitrogen and oxygen atoms in total. The molecule has 3 N–H and O–H groups in total. The Morgan fingerprint density at radius 2 is 2.08 bits per heavy atom. The van der Waals surface area contributed by atoms with Crippen LogP contribution in [0.5, 0.6) is 5.75 Å². The van der Waals surface area contributed by atoms with E-state index in [2.05, 4.69) is 4.98 Å². The number of aromatic hydroxyl groups is 1. The van der Waals surface area contributed by atoms with Crippen LogP contribution in [-0.2, 0) is 6.42 Å². The molecule has 1 heterocycles. The number of hydrogen-bond donors (Lipinski definition) is 2. The number of nitrogens with zero attached hydrogens (tertiary/aromatic N) is 1. The number of aromatic nitrogens is 1. The van der Waals surface area contributed by atoms with Crippen LogP contribution in [0.2, 0.25) is 0 Å². The van der Waals surface area contributed by atoms with Crippen LogP contribution in [0, 0.1) is 0 Å². The van der Waals surface area contributed by atoms with Gasteiger partial charge in [-0.2, -0.15) is 0 Å². The Morgan fingerprint density at radius 3 is 2.46 bits per heavy atom. The smallest absolute Gasteiger partial charge is 0.133 e. The Morgan fingerprint density at radius 1 is 1.46 bits per heavy atom. The van der Waals surface area contributed by atoms with Crippen molar-refractivity contribution in [3.05, 3.63) is 24.0 Å². The molecule has 0 aliphatic heterocycles. The first-order valence-electron chi connectivity index (χ1n) is 3.58. The molecule has 0 radical (unpaired) electrons. The molecule has 76 valence electrons. The second-order valence-corrected chi connectivity index (χ2v) is 2.69. The number of nitrogens with two attached hydrogens (primary N) is 1. The van der Waals surface area contributed by atoms with Gasteiger partial charge in [0.1, 0.15) is 5.75 Å². The molecule has 0 saturated heterocycles. The zero-order chi connectivity index (χ0) is 8.27. The average molecular weight is 225 g/mol. The van der Waals surface area contributed by atoms with Crippen molar-refractivity contribution in [3.63, 3.8) is 0 Å². The van der Waals surface area contributed by atoms with E-state index in [1.807, 2.05) is 6.92 Å². The predicted octanol–water partition coefficient (Wildman–Crippen LogP) is 1.52. The predicted molar refractivity (Wildman–Crippen MR) is 57.8 cm³/mol. The van der Waals surface area contributed by atoms with E-state index < -0.39 is 0 Å². The van der Waals surface area contributed by atoms with Gasteiger partial charge in [-0.3, -0.25) is 4.98 Å². The summed E-state index contributed by atoms with van der Waals surface area (Å²) in [7, 11) is 0. The fourth-order valence-electron chi connectivity index (χ4n) is 0.867. The summed E-state index contributed by atoms with van der Waals surface area (Å²) < 4.78 is 0. The first-order valence-corrected chi connectivity index (χ1v) is 3.58. The Labute approximate surface area is 90.2 Å². The molecule has 1 unspecified atom stereocenters. The van der Waals surface area contributed by atoms with Gasteiger partial charge in [-0.25, -0.2) is 0 Å². The van der Waals surface area contributed by atoms with Gasteiger partial charge in [-0.05, 0) is 19.1 Å². The molecule has 0 aromatic carbocycles. The monoisotopic (exact) mass is 224 g/mol. The fraction of sp³-hybridized carbons (Fsp3) is 0.375. The molecular formula is C8H14Cl2N2O. The van der Waals surface area contributed by atoms with Crippen LogP contribution in [-0.4, -0.2) is 16.1 Å². The summed E-state index contributed by atoms with van der Waals surface area (Å²) in [6, 6.07) is 3.51. The highest BCUT2D eigenvalue weighted by Gasteiger charge is 1.97. The summed E-state index contributed by atoms with van der Waals surface area (Å²) in [5.74, 6) is 0.193. The van der Waals surface area contributed by atoms with E-state index in [1.54, 1.807) is 12.1 Å². The zero-order valence-electron chi connectivity index (χ0n) is 7.30. The first-order chi connectivity index (χ1) is 5.18. The fourth-order valence-corrected chi connectivity index (χ4v) is 0.867. The minimum absolute atomic E-state index is 0. The Kier molecular flexibility index (Phi) is 8.01. The molecule has 0 fully saturated rings. The molecular weight excluding hydrogens is 211 g/mol. The third kappa shape index (κ3) is 5.69. The van der Waals surface area contributed by atoms with Gasteiger partial charge in [0, 0.05) is 18.2 Å². The molecule has 1 atom stereocenters. The van der Waals surface area contributed by atoms with Crippen LogP contribution < -0.4 is 5.73 Å². The lowest BCUT2D eigenvalue weighted by atomic mass is 10.2. The molecule has 0 aliphatic carbocycles. The Bertz CT molecular complexity index is 226. The van der Waals surface area contributed by atoms with Crippen LogP contribution in [0.15, 0.2) is 18.3 Å². The van der Waals surface area contributed by atoms with Gasteiger partial charge in [0.2, 0.25) is 0 Å². The first kappa shape index (κ1) is 15.0. The molecule has 5 heteroatoms. The van der Waals surface area contributed by atoms with Gasteiger partial charge in [-0.1, -0.05) is 0 Å². The number of pyridine rings is 1. The average Bonchev–Trinajstić information content (AvgIpc) is 1.93. The third-order valence-electron chi connectivity index (χ3n) is 1.34. The Balaban J connectivity index is 0. The lowest BCUT2D eigenvalue weighted by molar-refractivity contribution is 0.472. The van der Waals surface area contributed by atoms with E-state index in [0.717, 1.165) is 12.1 Å². The lowest BCUT2D eigenvalue weighted by Crippen LogP contribution is -2.18. The quantitative estimate of drug-likeness (QED) is 0.802. The highest BCUT2D eigenvalue weighted by molar-refractivity contribution is 5.85. The summed E-state index contributed by atoms with van der Waals surface area (Å²) in [5.41, 5.74) is 6.47. The van der Waals surface area contributed by atoms with Crippen molar-refractivity contribution in [1.82, 2.24) is 4.98 Å². The summed E-state index contributed by atoms with van der Waals surface area (Å²) in [4.78, 5) is 3.99. The van der Waals surface area contributed by atoms with E-state index in [1.165, 1.54) is 6.20 Å². The van der Waals surface area contributed by atoms with Crippen molar-refractivity contribution in [1.29, 1.82) is 0 Å². The van der Waals surface area contributed by atoms with Crippen LogP contribution in [0.25, 0.3) is 0 Å². The van der Waals surface area contributed by atoms with Crippen molar-refractivity contribution in [2.45, 2.75) is 19.4 Å². The lowest BCUT2D eigenvalue weighted by Gasteiger charge is -2.02. The van der Waals surface area contributed by atoms with Crippen molar-refractivity contribution < 1.29 is 5.11 Å². The van der Waals surface area contributed by atoms with Gasteiger partial charge in [0.15, 0.2) is 0 Å². The highest BCUT2D eigenvalue weighted by Crippen LogP contribution is 2.06. The Hall–Kier alpha value is -0.510. The van der Waals surface area contributed by atoms with E-state index in [9.17, 15) is 0 Å². The zero-order valence-corrected chi connectivity index (χ0v) is 8.94. The van der Waals surface area contributed by atoms with E-state index in [4.69, 9.17) is 10.8 Å². The van der Waals surface area contributed by atoms with Gasteiger partial charge >= 0.3 is 0 Å². The molecule has 13 heavy (non-hydrogen) atoms. The highest BCUT2D eigenvalue weighted by atomic mass is 35.5. The van der Waals surface area contributed by atoms with Gasteiger partial charge in [0.25, 0.3) is 0 Å². The van der Waals surface area contributed by atoms with Crippen LogP contribution in [0.1, 0.15) is 12.6 Å². The summed E-state index contributed by atoms with van der Waals surface area (Å²) >= 11 is 0. The van der Waals surface area contributed by atoms with Gasteiger partial charge in [0.05, 0.1) is 6.20 Å². The molecule has 1 rings (SSSR count). The summed E-state index contributed by atoms with van der Waals surface area (Å²) in [6.07, 6.45) is 2.18. The molecule has 1 aromatic rings. The van der Waals surface area contributed by atoms with Gasteiger partial charge < -0.3 is 10.8 Å². The van der Waals surface area contributed by atoms with Crippen molar-refractivity contribution in [3.8, 4) is 5.75 Å². The molecule has 0 saturated carbocycles. The number of hydrogen-bond acceptors (Lipinski definition) is 3. The van der Waals surface area contributed by atoms with Crippen molar-refractivity contribution in [2.75, 3.05) is 0 Å². The normalized spacial score (nSPS) is 10.9. The third-order valence-corrected chi connectivity index (χ3v) is 1.34. The maximum atomic E-state index is 8.90. The maximum Gasteiger partial charge on any atom is 0.133 e. The van der Waals surface area contributed by atoms with Crippen LogP contribution in [0.3, 0.4) is 0 Å². The molecule has 0 spiro atoms. The molecule has 0 bridgehead atoms. The molecule has 1 aromatic heterocycles. The molecule has 0 amide bonds. The van der Waals surface area contributed by atoms with E-state index in [0.29, 0.717) is 0 Å². The largest absolute Gasteiger partial charge is 0.506 e. The minimum atomic E-state index is 0. The topological polar surface area (TPSA) is 59.1 Å². The number of halogens is 2. The summed E-state index contributed by atoms with van der Waals surface area (Å²) in [5, 5.41) is 8.90. The minimum Gasteiger partial charge on any atom is -0.506 e. The number of rotatable bonds is 2. The van der Waals surface area contributed by atoms with Crippen LogP contribution >= 0.6 is 24.8 Å². The second-order valence-electron chi connectivity index (χ2n) is 2.69. The van der Waals surface area contributed by atoms with E-state index >= 15 is 0 Å².